The number of nitrogen functional groups attached to an aromatic ring is 1. The molecule has 0 aliphatic rings. The molecule has 1 aromatic carbocycles. The number of hydrogen-bond acceptors (Lipinski definition) is 5. The Balaban J connectivity index is 2.39. The molecule has 0 saturated carbocycles. The van der Waals surface area contributed by atoms with Gasteiger partial charge in [-0.15, -0.1) is 0 Å². The molecule has 0 aliphatic heterocycles. The number of nitrogens with one attached hydrogen (secondary N) is 2. The second-order valence-electron chi connectivity index (χ2n) is 5.36. The number of benzene rings is 1. The van der Waals surface area contributed by atoms with Gasteiger partial charge in [0.25, 0.3) is 0 Å². The maximum Gasteiger partial charge on any atom is 0.148 e. The quantitative estimate of drug-likeness (QED) is 0.580. The molecule has 0 saturated heterocycles. The van der Waals surface area contributed by atoms with Crippen LogP contribution in [0.1, 0.15) is 35.9 Å². The van der Waals surface area contributed by atoms with Crippen LogP contribution in [0.4, 0.5) is 17.3 Å². The van der Waals surface area contributed by atoms with E-state index in [0.29, 0.717) is 5.82 Å². The number of nitrogens with two attached hydrogens (primary N) is 1. The molecule has 21 heavy (non-hydrogen) atoms. The van der Waals surface area contributed by atoms with Crippen LogP contribution in [0.2, 0.25) is 0 Å². The molecule has 0 unspecified atom stereocenters. The average Bonchev–Trinajstić information content (AvgIpc) is 2.41. The highest BCUT2D eigenvalue weighted by molar-refractivity contribution is 5.65. The van der Waals surface area contributed by atoms with Crippen molar-refractivity contribution in [1.82, 2.24) is 9.97 Å². The Kier molecular flexibility index (Phi) is 4.75. The van der Waals surface area contributed by atoms with Gasteiger partial charge < -0.3 is 10.7 Å². The number of hydrazine groups is 1. The SMILES string of the molecule is CCCc1nc(NN)c(C)c(Nc2cc(C)cc(C)c2)n1. The Hall–Kier alpha value is -2.14. The third-order valence-electron chi connectivity index (χ3n) is 3.29. The number of aryl methyl sites for hydroxylation is 3. The average molecular weight is 285 g/mol. The van der Waals surface area contributed by atoms with Crippen molar-refractivity contribution >= 4 is 17.3 Å². The van der Waals surface area contributed by atoms with E-state index in [1.54, 1.807) is 0 Å². The first-order valence-corrected chi connectivity index (χ1v) is 7.23. The lowest BCUT2D eigenvalue weighted by Crippen LogP contribution is -2.14. The van der Waals surface area contributed by atoms with Crippen molar-refractivity contribution in [3.63, 3.8) is 0 Å². The first-order valence-electron chi connectivity index (χ1n) is 7.23. The van der Waals surface area contributed by atoms with E-state index >= 15 is 0 Å². The molecule has 1 heterocycles. The van der Waals surface area contributed by atoms with E-state index in [-0.39, 0.29) is 0 Å². The molecule has 5 nitrogen and oxygen atoms in total. The molecule has 4 N–H and O–H groups in total. The molecule has 1 aromatic heterocycles. The lowest BCUT2D eigenvalue weighted by molar-refractivity contribution is 0.833. The molecule has 2 aromatic rings. The minimum absolute atomic E-state index is 0.667. The Labute approximate surface area is 126 Å². The van der Waals surface area contributed by atoms with E-state index in [1.165, 1.54) is 11.1 Å². The smallest absolute Gasteiger partial charge is 0.148 e. The largest absolute Gasteiger partial charge is 0.340 e. The summed E-state index contributed by atoms with van der Waals surface area (Å²) in [5, 5.41) is 3.38. The Morgan fingerprint density at radius 3 is 2.19 bits per heavy atom. The minimum Gasteiger partial charge on any atom is -0.340 e. The van der Waals surface area contributed by atoms with Crippen LogP contribution in [-0.4, -0.2) is 9.97 Å². The van der Waals surface area contributed by atoms with Gasteiger partial charge >= 0.3 is 0 Å². The molecule has 112 valence electrons. The second-order valence-corrected chi connectivity index (χ2v) is 5.36. The highest BCUT2D eigenvalue weighted by Gasteiger charge is 2.10. The molecule has 2 rings (SSSR count). The Morgan fingerprint density at radius 1 is 1.00 bits per heavy atom. The lowest BCUT2D eigenvalue weighted by atomic mass is 10.1. The third-order valence-corrected chi connectivity index (χ3v) is 3.29. The molecule has 0 atom stereocenters. The van der Waals surface area contributed by atoms with Crippen molar-refractivity contribution in [2.45, 2.75) is 40.5 Å². The van der Waals surface area contributed by atoms with Gasteiger partial charge in [0.1, 0.15) is 17.5 Å². The van der Waals surface area contributed by atoms with E-state index in [4.69, 9.17) is 5.84 Å². The van der Waals surface area contributed by atoms with Crippen LogP contribution < -0.4 is 16.6 Å². The van der Waals surface area contributed by atoms with Gasteiger partial charge in [-0.05, 0) is 50.5 Å². The molecule has 0 bridgehead atoms. The van der Waals surface area contributed by atoms with Crippen molar-refractivity contribution in [3.8, 4) is 0 Å². The van der Waals surface area contributed by atoms with Crippen LogP contribution in [0.5, 0.6) is 0 Å². The summed E-state index contributed by atoms with van der Waals surface area (Å²) in [6.45, 7) is 8.23. The molecule has 0 aliphatic carbocycles. The number of rotatable bonds is 5. The summed E-state index contributed by atoms with van der Waals surface area (Å²) in [4.78, 5) is 9.04. The highest BCUT2D eigenvalue weighted by atomic mass is 15.3. The van der Waals surface area contributed by atoms with Gasteiger partial charge in [0.05, 0.1) is 0 Å². The monoisotopic (exact) mass is 285 g/mol. The van der Waals surface area contributed by atoms with Crippen LogP contribution in [-0.2, 0) is 6.42 Å². The summed E-state index contributed by atoms with van der Waals surface area (Å²) in [6, 6.07) is 6.35. The number of nitrogens with zero attached hydrogens (tertiary/aromatic N) is 2. The molecule has 0 amide bonds. The van der Waals surface area contributed by atoms with Gasteiger partial charge in [0.2, 0.25) is 0 Å². The molecule has 0 fully saturated rings. The fraction of sp³-hybridized carbons (Fsp3) is 0.375. The van der Waals surface area contributed by atoms with Crippen molar-refractivity contribution in [3.05, 3.63) is 40.7 Å². The number of hydrogen-bond donors (Lipinski definition) is 3. The molecular formula is C16H23N5. The summed E-state index contributed by atoms with van der Waals surface area (Å²) >= 11 is 0. The summed E-state index contributed by atoms with van der Waals surface area (Å²) in [5.41, 5.74) is 7.03. The minimum atomic E-state index is 0.667. The summed E-state index contributed by atoms with van der Waals surface area (Å²) in [5.74, 6) is 7.82. The van der Waals surface area contributed by atoms with E-state index in [0.717, 1.165) is 35.7 Å². The van der Waals surface area contributed by atoms with Gasteiger partial charge in [-0.1, -0.05) is 13.0 Å². The van der Waals surface area contributed by atoms with Crippen LogP contribution in [0.3, 0.4) is 0 Å². The van der Waals surface area contributed by atoms with E-state index in [1.807, 2.05) is 6.92 Å². The predicted molar refractivity (Wildman–Crippen MR) is 87.8 cm³/mol. The standard InChI is InChI=1S/C16H23N5/c1-5-6-14-19-15(12(4)16(20-14)21-17)18-13-8-10(2)7-11(3)9-13/h7-9H,5-6,17H2,1-4H3,(H2,18,19,20,21). The lowest BCUT2D eigenvalue weighted by Gasteiger charge is -2.14. The summed E-state index contributed by atoms with van der Waals surface area (Å²) < 4.78 is 0. The fourth-order valence-corrected chi connectivity index (χ4v) is 2.34. The van der Waals surface area contributed by atoms with E-state index < -0.39 is 0 Å². The van der Waals surface area contributed by atoms with E-state index in [9.17, 15) is 0 Å². The number of aromatic nitrogens is 2. The van der Waals surface area contributed by atoms with Crippen molar-refractivity contribution < 1.29 is 0 Å². The van der Waals surface area contributed by atoms with Crippen molar-refractivity contribution in [1.29, 1.82) is 0 Å². The molecule has 5 heteroatoms. The third kappa shape index (κ3) is 3.70. The molecule has 0 spiro atoms. The summed E-state index contributed by atoms with van der Waals surface area (Å²) in [7, 11) is 0. The van der Waals surface area contributed by atoms with Gasteiger partial charge in [-0.3, -0.25) is 0 Å². The van der Waals surface area contributed by atoms with Crippen molar-refractivity contribution in [2.75, 3.05) is 10.7 Å². The molecular weight excluding hydrogens is 262 g/mol. The van der Waals surface area contributed by atoms with Crippen molar-refractivity contribution in [2.24, 2.45) is 5.84 Å². The highest BCUT2D eigenvalue weighted by Crippen LogP contribution is 2.24. The Morgan fingerprint density at radius 2 is 1.62 bits per heavy atom. The van der Waals surface area contributed by atoms with Gasteiger partial charge in [-0.25, -0.2) is 15.8 Å². The zero-order valence-electron chi connectivity index (χ0n) is 13.1. The zero-order chi connectivity index (χ0) is 15.4. The number of anilines is 3. The maximum atomic E-state index is 5.56. The maximum absolute atomic E-state index is 5.56. The Bertz CT molecular complexity index is 617. The van der Waals surface area contributed by atoms with E-state index in [2.05, 4.69) is 59.7 Å². The topological polar surface area (TPSA) is 75.9 Å². The molecule has 0 radical (unpaired) electrons. The summed E-state index contributed by atoms with van der Waals surface area (Å²) in [6.07, 6.45) is 1.83. The van der Waals surface area contributed by atoms with Crippen LogP contribution >= 0.6 is 0 Å². The van der Waals surface area contributed by atoms with Crippen LogP contribution in [0.15, 0.2) is 18.2 Å². The fourth-order valence-electron chi connectivity index (χ4n) is 2.34. The second kappa shape index (κ2) is 6.54. The van der Waals surface area contributed by atoms with Crippen LogP contribution in [0, 0.1) is 20.8 Å². The van der Waals surface area contributed by atoms with Gasteiger partial charge in [0.15, 0.2) is 0 Å². The predicted octanol–water partition coefficient (Wildman–Crippen LogP) is 3.38. The van der Waals surface area contributed by atoms with Gasteiger partial charge in [-0.2, -0.15) is 0 Å². The normalized spacial score (nSPS) is 10.5. The first-order chi connectivity index (χ1) is 10.0. The first kappa shape index (κ1) is 15.3. The van der Waals surface area contributed by atoms with Gasteiger partial charge in [0, 0.05) is 17.7 Å². The van der Waals surface area contributed by atoms with Crippen LogP contribution in [0.25, 0.3) is 0 Å². The zero-order valence-corrected chi connectivity index (χ0v) is 13.1.